The standard InChI is InChI=1S/C14H14ClNO3/c1-8-4-3-5-11(15)13(8)16-7-10-6-12(14(17)18)19-9(10)2/h3-6,16H,7H2,1-2H3,(H,17,18). The van der Waals surface area contributed by atoms with Crippen LogP contribution in [0.5, 0.6) is 0 Å². The fourth-order valence-corrected chi connectivity index (χ4v) is 2.13. The molecule has 0 bridgehead atoms. The number of rotatable bonds is 4. The molecule has 1 heterocycles. The van der Waals surface area contributed by atoms with E-state index in [4.69, 9.17) is 21.1 Å². The summed E-state index contributed by atoms with van der Waals surface area (Å²) in [6.07, 6.45) is 0. The van der Waals surface area contributed by atoms with E-state index in [0.717, 1.165) is 16.8 Å². The average molecular weight is 280 g/mol. The summed E-state index contributed by atoms with van der Waals surface area (Å²) in [4.78, 5) is 10.8. The van der Waals surface area contributed by atoms with Gasteiger partial charge in [0.2, 0.25) is 5.76 Å². The SMILES string of the molecule is Cc1cccc(Cl)c1NCc1cc(C(=O)O)oc1C. The van der Waals surface area contributed by atoms with E-state index in [2.05, 4.69) is 5.32 Å². The van der Waals surface area contributed by atoms with Crippen LogP contribution in [0.2, 0.25) is 5.02 Å². The highest BCUT2D eigenvalue weighted by Gasteiger charge is 2.13. The maximum absolute atomic E-state index is 10.8. The van der Waals surface area contributed by atoms with Crippen molar-refractivity contribution in [2.24, 2.45) is 0 Å². The number of hydrogen-bond donors (Lipinski definition) is 2. The summed E-state index contributed by atoms with van der Waals surface area (Å²) >= 11 is 6.11. The third kappa shape index (κ3) is 2.90. The minimum absolute atomic E-state index is 0.0508. The zero-order chi connectivity index (χ0) is 14.0. The van der Waals surface area contributed by atoms with Gasteiger partial charge in [-0.15, -0.1) is 0 Å². The molecule has 0 atom stereocenters. The minimum atomic E-state index is -1.07. The monoisotopic (exact) mass is 279 g/mol. The molecule has 1 aromatic heterocycles. The third-order valence-electron chi connectivity index (χ3n) is 2.91. The Morgan fingerprint density at radius 2 is 2.16 bits per heavy atom. The van der Waals surface area contributed by atoms with E-state index in [1.165, 1.54) is 6.07 Å². The second-order valence-corrected chi connectivity index (χ2v) is 4.69. The van der Waals surface area contributed by atoms with E-state index in [9.17, 15) is 4.79 Å². The molecule has 0 aliphatic rings. The molecule has 5 heteroatoms. The number of aromatic carboxylic acids is 1. The number of hydrogen-bond acceptors (Lipinski definition) is 3. The number of para-hydroxylation sites is 1. The first-order chi connectivity index (χ1) is 8.99. The quantitative estimate of drug-likeness (QED) is 0.892. The maximum atomic E-state index is 10.8. The highest BCUT2D eigenvalue weighted by Crippen LogP contribution is 2.26. The molecule has 0 unspecified atom stereocenters. The van der Waals surface area contributed by atoms with Crippen LogP contribution in [-0.4, -0.2) is 11.1 Å². The molecule has 0 aliphatic heterocycles. The van der Waals surface area contributed by atoms with Gasteiger partial charge in [0.05, 0.1) is 10.7 Å². The Balaban J connectivity index is 2.17. The average Bonchev–Trinajstić information content (AvgIpc) is 2.70. The number of benzene rings is 1. The summed E-state index contributed by atoms with van der Waals surface area (Å²) in [6.45, 7) is 4.16. The van der Waals surface area contributed by atoms with Crippen molar-refractivity contribution in [3.63, 3.8) is 0 Å². The number of aryl methyl sites for hydroxylation is 2. The van der Waals surface area contributed by atoms with E-state index in [0.29, 0.717) is 17.3 Å². The number of carboxylic acids is 1. The number of carbonyl (C=O) groups is 1. The first-order valence-corrected chi connectivity index (χ1v) is 6.18. The molecule has 2 rings (SSSR count). The molecule has 2 aromatic rings. The number of halogens is 1. The molecule has 0 aliphatic carbocycles. The van der Waals surface area contributed by atoms with Crippen LogP contribution in [0.3, 0.4) is 0 Å². The van der Waals surface area contributed by atoms with Crippen molar-refractivity contribution in [3.8, 4) is 0 Å². The van der Waals surface area contributed by atoms with Crippen LogP contribution >= 0.6 is 11.6 Å². The van der Waals surface area contributed by atoms with Crippen molar-refractivity contribution in [2.45, 2.75) is 20.4 Å². The van der Waals surface area contributed by atoms with Crippen molar-refractivity contribution in [1.29, 1.82) is 0 Å². The predicted molar refractivity (Wildman–Crippen MR) is 73.9 cm³/mol. The summed E-state index contributed by atoms with van der Waals surface area (Å²) in [7, 11) is 0. The molecule has 0 radical (unpaired) electrons. The molecular weight excluding hydrogens is 266 g/mol. The Bertz CT molecular complexity index is 599. The van der Waals surface area contributed by atoms with Crippen molar-refractivity contribution >= 4 is 23.3 Å². The lowest BCUT2D eigenvalue weighted by atomic mass is 10.2. The van der Waals surface area contributed by atoms with Gasteiger partial charge in [-0.25, -0.2) is 4.79 Å². The number of carboxylic acid groups (broad SMARTS) is 1. The Morgan fingerprint density at radius 3 is 2.74 bits per heavy atom. The summed E-state index contributed by atoms with van der Waals surface area (Å²) in [5, 5.41) is 12.7. The van der Waals surface area contributed by atoms with Gasteiger partial charge in [-0.3, -0.25) is 0 Å². The molecule has 0 saturated heterocycles. The predicted octanol–water partition coefficient (Wildman–Crippen LogP) is 3.86. The van der Waals surface area contributed by atoms with Crippen LogP contribution in [-0.2, 0) is 6.54 Å². The van der Waals surface area contributed by atoms with Gasteiger partial charge in [0.1, 0.15) is 5.76 Å². The molecule has 1 aromatic carbocycles. The van der Waals surface area contributed by atoms with Crippen molar-refractivity contribution in [3.05, 3.63) is 51.9 Å². The Labute approximate surface area is 116 Å². The topological polar surface area (TPSA) is 62.5 Å². The molecule has 0 saturated carbocycles. The van der Waals surface area contributed by atoms with Gasteiger partial charge in [-0.05, 0) is 31.5 Å². The minimum Gasteiger partial charge on any atom is -0.475 e. The summed E-state index contributed by atoms with van der Waals surface area (Å²) < 4.78 is 5.15. The molecule has 0 amide bonds. The molecular formula is C14H14ClNO3. The van der Waals surface area contributed by atoms with Gasteiger partial charge in [0, 0.05) is 12.1 Å². The fraction of sp³-hybridized carbons (Fsp3) is 0.214. The van der Waals surface area contributed by atoms with Crippen molar-refractivity contribution in [2.75, 3.05) is 5.32 Å². The Hall–Kier alpha value is -1.94. The number of furan rings is 1. The molecule has 19 heavy (non-hydrogen) atoms. The van der Waals surface area contributed by atoms with Crippen LogP contribution in [0, 0.1) is 13.8 Å². The van der Waals surface area contributed by atoms with Gasteiger partial charge < -0.3 is 14.8 Å². The zero-order valence-corrected chi connectivity index (χ0v) is 11.4. The highest BCUT2D eigenvalue weighted by molar-refractivity contribution is 6.33. The van der Waals surface area contributed by atoms with Crippen LogP contribution < -0.4 is 5.32 Å². The molecule has 4 nitrogen and oxygen atoms in total. The third-order valence-corrected chi connectivity index (χ3v) is 3.22. The van der Waals surface area contributed by atoms with Gasteiger partial charge in [0.25, 0.3) is 0 Å². The molecule has 0 spiro atoms. The summed E-state index contributed by atoms with van der Waals surface area (Å²) in [6, 6.07) is 7.17. The molecule has 0 fully saturated rings. The molecule has 2 N–H and O–H groups in total. The summed E-state index contributed by atoms with van der Waals surface area (Å²) in [5.41, 5.74) is 2.69. The Kier molecular flexibility index (Phi) is 3.81. The van der Waals surface area contributed by atoms with Gasteiger partial charge in [-0.2, -0.15) is 0 Å². The fourth-order valence-electron chi connectivity index (χ4n) is 1.84. The second kappa shape index (κ2) is 5.36. The van der Waals surface area contributed by atoms with Gasteiger partial charge >= 0.3 is 5.97 Å². The number of anilines is 1. The van der Waals surface area contributed by atoms with Crippen molar-refractivity contribution in [1.82, 2.24) is 0 Å². The maximum Gasteiger partial charge on any atom is 0.371 e. The lowest BCUT2D eigenvalue weighted by Crippen LogP contribution is -2.02. The second-order valence-electron chi connectivity index (χ2n) is 4.28. The van der Waals surface area contributed by atoms with Crippen LogP contribution in [0.25, 0.3) is 0 Å². The lowest BCUT2D eigenvalue weighted by molar-refractivity contribution is 0.0661. The van der Waals surface area contributed by atoms with E-state index >= 15 is 0 Å². The van der Waals surface area contributed by atoms with Gasteiger partial charge in [-0.1, -0.05) is 23.7 Å². The number of nitrogens with one attached hydrogen (secondary N) is 1. The van der Waals surface area contributed by atoms with Crippen LogP contribution in [0.15, 0.2) is 28.7 Å². The Morgan fingerprint density at radius 1 is 1.42 bits per heavy atom. The van der Waals surface area contributed by atoms with E-state index in [-0.39, 0.29) is 5.76 Å². The normalized spacial score (nSPS) is 10.5. The van der Waals surface area contributed by atoms with E-state index < -0.39 is 5.97 Å². The highest BCUT2D eigenvalue weighted by atomic mass is 35.5. The molecule has 100 valence electrons. The summed E-state index contributed by atoms with van der Waals surface area (Å²) in [5.74, 6) is -0.525. The zero-order valence-electron chi connectivity index (χ0n) is 10.7. The first kappa shape index (κ1) is 13.5. The van der Waals surface area contributed by atoms with E-state index in [1.807, 2.05) is 25.1 Å². The smallest absolute Gasteiger partial charge is 0.371 e. The van der Waals surface area contributed by atoms with Crippen LogP contribution in [0.1, 0.15) is 27.4 Å². The van der Waals surface area contributed by atoms with Crippen LogP contribution in [0.4, 0.5) is 5.69 Å². The van der Waals surface area contributed by atoms with Crippen molar-refractivity contribution < 1.29 is 14.3 Å². The van der Waals surface area contributed by atoms with E-state index in [1.54, 1.807) is 6.92 Å². The lowest BCUT2D eigenvalue weighted by Gasteiger charge is -2.10. The first-order valence-electron chi connectivity index (χ1n) is 5.80. The van der Waals surface area contributed by atoms with Gasteiger partial charge in [0.15, 0.2) is 0 Å². The largest absolute Gasteiger partial charge is 0.475 e.